The van der Waals surface area contributed by atoms with Gasteiger partial charge in [0, 0.05) is 6.08 Å². The lowest BCUT2D eigenvalue weighted by atomic mass is 10.1. The normalized spacial score (nSPS) is 11.6. The molecule has 0 fully saturated rings. The highest BCUT2D eigenvalue weighted by Crippen LogP contribution is 2.11. The maximum absolute atomic E-state index is 10.7. The number of carboxylic acid groups (broad SMARTS) is 2. The van der Waals surface area contributed by atoms with Crippen LogP contribution in [0.4, 0.5) is 0 Å². The van der Waals surface area contributed by atoms with Crippen molar-refractivity contribution < 1.29 is 24.9 Å². The van der Waals surface area contributed by atoms with Crippen molar-refractivity contribution in [2.75, 3.05) is 0 Å². The lowest BCUT2D eigenvalue weighted by Crippen LogP contribution is -2.01. The number of carboxylic acids is 2. The highest BCUT2D eigenvalue weighted by Gasteiger charge is 2.05. The Balaban J connectivity index is 2.91. The minimum atomic E-state index is -1.32. The molecule has 0 aliphatic heterocycles. The molecule has 0 amide bonds. The number of hydrogen-bond acceptors (Lipinski definition) is 3. The molecular formula is C12H10O5. The second-order valence-electron chi connectivity index (χ2n) is 3.17. The fourth-order valence-corrected chi connectivity index (χ4v) is 1.09. The Morgan fingerprint density at radius 1 is 1.06 bits per heavy atom. The molecule has 0 aromatic heterocycles. The highest BCUT2D eigenvalue weighted by atomic mass is 16.4. The first kappa shape index (κ1) is 12.5. The first-order valence-corrected chi connectivity index (χ1v) is 4.64. The van der Waals surface area contributed by atoms with Crippen molar-refractivity contribution in [3.63, 3.8) is 0 Å². The first-order chi connectivity index (χ1) is 7.99. The largest absolute Gasteiger partial charge is 0.508 e. The average Bonchev–Trinajstić information content (AvgIpc) is 2.25. The predicted octanol–water partition coefficient (Wildman–Crippen LogP) is 1.50. The molecular weight excluding hydrogens is 224 g/mol. The average molecular weight is 234 g/mol. The Bertz CT molecular complexity index is 482. The van der Waals surface area contributed by atoms with Crippen LogP contribution in [0.25, 0.3) is 6.08 Å². The number of carbonyl (C=O) groups is 2. The number of phenols is 1. The minimum absolute atomic E-state index is 0.0988. The van der Waals surface area contributed by atoms with E-state index in [0.717, 1.165) is 0 Å². The van der Waals surface area contributed by atoms with Crippen LogP contribution < -0.4 is 0 Å². The molecule has 1 rings (SSSR count). The maximum Gasteiger partial charge on any atom is 0.335 e. The molecule has 5 heteroatoms. The van der Waals surface area contributed by atoms with Gasteiger partial charge < -0.3 is 15.3 Å². The van der Waals surface area contributed by atoms with E-state index in [1.165, 1.54) is 24.3 Å². The van der Waals surface area contributed by atoms with Gasteiger partial charge in [0.2, 0.25) is 0 Å². The third-order valence-electron chi connectivity index (χ3n) is 1.87. The van der Waals surface area contributed by atoms with E-state index in [2.05, 4.69) is 0 Å². The van der Waals surface area contributed by atoms with E-state index >= 15 is 0 Å². The summed E-state index contributed by atoms with van der Waals surface area (Å²) in [6.45, 7) is 0. The minimum Gasteiger partial charge on any atom is -0.508 e. The standard InChI is InChI=1S/C12H10O5/c13-10-5-2-8(3-6-10)1-4-9(12(16)17)7-11(14)15/h1-7,13H,(H,14,15)(H,16,17)/b4-1?,9-7-. The van der Waals surface area contributed by atoms with Crippen LogP contribution in [0, 0.1) is 0 Å². The predicted molar refractivity (Wildman–Crippen MR) is 60.5 cm³/mol. The number of rotatable bonds is 4. The quantitative estimate of drug-likeness (QED) is 0.542. The molecule has 1 aromatic carbocycles. The molecule has 0 spiro atoms. The van der Waals surface area contributed by atoms with Crippen molar-refractivity contribution in [2.45, 2.75) is 0 Å². The molecule has 0 heterocycles. The molecule has 0 saturated heterocycles. The summed E-state index contributed by atoms with van der Waals surface area (Å²) >= 11 is 0. The van der Waals surface area contributed by atoms with Gasteiger partial charge in [0.1, 0.15) is 5.75 Å². The van der Waals surface area contributed by atoms with E-state index < -0.39 is 11.9 Å². The fourth-order valence-electron chi connectivity index (χ4n) is 1.09. The third kappa shape index (κ3) is 4.21. The van der Waals surface area contributed by atoms with E-state index in [1.54, 1.807) is 12.1 Å². The number of hydrogen-bond donors (Lipinski definition) is 3. The first-order valence-electron chi connectivity index (χ1n) is 4.64. The number of benzene rings is 1. The van der Waals surface area contributed by atoms with E-state index in [4.69, 9.17) is 15.3 Å². The lowest BCUT2D eigenvalue weighted by molar-refractivity contribution is -0.134. The van der Waals surface area contributed by atoms with Crippen molar-refractivity contribution in [1.29, 1.82) is 0 Å². The lowest BCUT2D eigenvalue weighted by Gasteiger charge is -1.95. The number of aliphatic carboxylic acids is 2. The highest BCUT2D eigenvalue weighted by molar-refractivity contribution is 5.97. The summed E-state index contributed by atoms with van der Waals surface area (Å²) in [6, 6.07) is 6.04. The molecule has 1 aromatic rings. The van der Waals surface area contributed by atoms with Crippen molar-refractivity contribution in [3.8, 4) is 5.75 Å². The summed E-state index contributed by atoms with van der Waals surface area (Å²) in [7, 11) is 0. The van der Waals surface area contributed by atoms with Gasteiger partial charge in [-0.1, -0.05) is 18.2 Å². The molecule has 0 atom stereocenters. The molecule has 0 radical (unpaired) electrons. The van der Waals surface area contributed by atoms with Crippen LogP contribution in [0.1, 0.15) is 5.56 Å². The maximum atomic E-state index is 10.7. The van der Waals surface area contributed by atoms with Gasteiger partial charge in [-0.05, 0) is 23.8 Å². The van der Waals surface area contributed by atoms with E-state index in [-0.39, 0.29) is 11.3 Å². The molecule has 0 aliphatic carbocycles. The molecule has 88 valence electrons. The zero-order chi connectivity index (χ0) is 12.8. The molecule has 0 saturated carbocycles. The Hall–Kier alpha value is -2.56. The van der Waals surface area contributed by atoms with Gasteiger partial charge in [-0.3, -0.25) is 0 Å². The van der Waals surface area contributed by atoms with Gasteiger partial charge in [-0.25, -0.2) is 9.59 Å². The van der Waals surface area contributed by atoms with Crippen molar-refractivity contribution >= 4 is 18.0 Å². The zero-order valence-electron chi connectivity index (χ0n) is 8.70. The molecule has 0 unspecified atom stereocenters. The molecule has 0 aliphatic rings. The molecule has 5 nitrogen and oxygen atoms in total. The van der Waals surface area contributed by atoms with E-state index in [0.29, 0.717) is 11.6 Å². The Morgan fingerprint density at radius 3 is 2.12 bits per heavy atom. The van der Waals surface area contributed by atoms with E-state index in [9.17, 15) is 9.59 Å². The fraction of sp³-hybridized carbons (Fsp3) is 0. The second-order valence-corrected chi connectivity index (χ2v) is 3.17. The number of aromatic hydroxyl groups is 1. The Labute approximate surface area is 96.9 Å². The molecule has 0 bridgehead atoms. The summed E-state index contributed by atoms with van der Waals surface area (Å²) in [5.41, 5.74) is 0.325. The zero-order valence-corrected chi connectivity index (χ0v) is 8.70. The summed E-state index contributed by atoms with van der Waals surface area (Å²) < 4.78 is 0. The topological polar surface area (TPSA) is 94.8 Å². The van der Waals surface area contributed by atoms with Crippen LogP contribution >= 0.6 is 0 Å². The smallest absolute Gasteiger partial charge is 0.335 e. The van der Waals surface area contributed by atoms with Gasteiger partial charge in [0.05, 0.1) is 5.57 Å². The van der Waals surface area contributed by atoms with Crippen LogP contribution in [0.15, 0.2) is 42.0 Å². The van der Waals surface area contributed by atoms with Crippen LogP contribution in [-0.2, 0) is 9.59 Å². The van der Waals surface area contributed by atoms with Gasteiger partial charge >= 0.3 is 11.9 Å². The summed E-state index contributed by atoms with van der Waals surface area (Å²) in [6.07, 6.45) is 3.24. The summed E-state index contributed by atoms with van der Waals surface area (Å²) in [5.74, 6) is -2.54. The van der Waals surface area contributed by atoms with Crippen molar-refractivity contribution in [3.05, 3.63) is 47.6 Å². The van der Waals surface area contributed by atoms with Gasteiger partial charge in [-0.15, -0.1) is 0 Å². The third-order valence-corrected chi connectivity index (χ3v) is 1.87. The van der Waals surface area contributed by atoms with Crippen LogP contribution in [-0.4, -0.2) is 27.3 Å². The monoisotopic (exact) mass is 234 g/mol. The van der Waals surface area contributed by atoms with Crippen molar-refractivity contribution in [2.24, 2.45) is 0 Å². The van der Waals surface area contributed by atoms with Crippen LogP contribution in [0.3, 0.4) is 0 Å². The Kier molecular flexibility index (Phi) is 4.05. The van der Waals surface area contributed by atoms with Crippen molar-refractivity contribution in [1.82, 2.24) is 0 Å². The molecule has 17 heavy (non-hydrogen) atoms. The van der Waals surface area contributed by atoms with Gasteiger partial charge in [0.15, 0.2) is 0 Å². The molecule has 3 N–H and O–H groups in total. The summed E-state index contributed by atoms with van der Waals surface area (Å²) in [5, 5.41) is 26.2. The van der Waals surface area contributed by atoms with Gasteiger partial charge in [0.25, 0.3) is 0 Å². The second kappa shape index (κ2) is 5.50. The van der Waals surface area contributed by atoms with E-state index in [1.807, 2.05) is 0 Å². The SMILES string of the molecule is O=C(O)/C=C(/C=Cc1ccc(O)cc1)C(=O)O. The van der Waals surface area contributed by atoms with Crippen LogP contribution in [0.2, 0.25) is 0 Å². The van der Waals surface area contributed by atoms with Crippen LogP contribution in [0.5, 0.6) is 5.75 Å². The number of phenolic OH excluding ortho intramolecular Hbond substituents is 1. The van der Waals surface area contributed by atoms with Gasteiger partial charge in [-0.2, -0.15) is 0 Å². The Morgan fingerprint density at radius 2 is 1.65 bits per heavy atom. The summed E-state index contributed by atoms with van der Waals surface area (Å²) in [4.78, 5) is 21.1.